The van der Waals surface area contributed by atoms with Gasteiger partial charge in [-0.3, -0.25) is 0 Å². The fourth-order valence-electron chi connectivity index (χ4n) is 1.36. The highest BCUT2D eigenvalue weighted by Crippen LogP contribution is 2.04. The lowest BCUT2D eigenvalue weighted by atomic mass is 10.2. The van der Waals surface area contributed by atoms with Crippen LogP contribution >= 0.6 is 11.6 Å². The number of aromatic nitrogens is 1. The van der Waals surface area contributed by atoms with E-state index in [1.54, 1.807) is 6.20 Å². The van der Waals surface area contributed by atoms with Gasteiger partial charge in [0.15, 0.2) is 0 Å². The zero-order chi connectivity index (χ0) is 12.5. The minimum Gasteiger partial charge on any atom is -0.381 e. The van der Waals surface area contributed by atoms with E-state index in [4.69, 9.17) is 16.3 Å². The molecule has 0 aliphatic heterocycles. The van der Waals surface area contributed by atoms with Crippen molar-refractivity contribution >= 4 is 11.6 Å². The molecule has 1 N–H and O–H groups in total. The molecule has 17 heavy (non-hydrogen) atoms. The Balaban J connectivity index is 1.99. The van der Waals surface area contributed by atoms with Crippen molar-refractivity contribution in [3.63, 3.8) is 0 Å². The first-order chi connectivity index (χ1) is 8.18. The molecule has 3 nitrogen and oxygen atoms in total. The molecule has 0 fully saturated rings. The van der Waals surface area contributed by atoms with Crippen LogP contribution in [0.1, 0.15) is 25.8 Å². The molecular weight excluding hydrogens is 236 g/mol. The number of halogens is 1. The molecule has 0 bridgehead atoms. The van der Waals surface area contributed by atoms with E-state index in [-0.39, 0.29) is 0 Å². The summed E-state index contributed by atoms with van der Waals surface area (Å²) in [6, 6.07) is 3.79. The minimum atomic E-state index is 0.538. The van der Waals surface area contributed by atoms with Gasteiger partial charge in [0, 0.05) is 26.0 Å². The lowest BCUT2D eigenvalue weighted by Crippen LogP contribution is -2.17. The molecule has 0 aromatic carbocycles. The van der Waals surface area contributed by atoms with E-state index in [0.29, 0.717) is 11.1 Å². The summed E-state index contributed by atoms with van der Waals surface area (Å²) in [4.78, 5) is 4.03. The molecule has 0 amide bonds. The van der Waals surface area contributed by atoms with Crippen molar-refractivity contribution in [2.24, 2.45) is 5.92 Å². The van der Waals surface area contributed by atoms with Crippen molar-refractivity contribution in [3.05, 3.63) is 29.0 Å². The smallest absolute Gasteiger partial charge is 0.129 e. The van der Waals surface area contributed by atoms with Gasteiger partial charge in [-0.05, 0) is 30.5 Å². The molecule has 1 heterocycles. The normalized spacial score (nSPS) is 11.1. The van der Waals surface area contributed by atoms with Gasteiger partial charge in [-0.25, -0.2) is 4.98 Å². The maximum absolute atomic E-state index is 5.71. The number of pyridine rings is 1. The quantitative estimate of drug-likeness (QED) is 0.574. The highest BCUT2D eigenvalue weighted by atomic mass is 35.5. The molecule has 0 unspecified atom stereocenters. The number of nitrogens with one attached hydrogen (secondary N) is 1. The summed E-state index contributed by atoms with van der Waals surface area (Å²) < 4.78 is 5.49. The number of rotatable bonds is 8. The molecule has 0 aliphatic carbocycles. The van der Waals surface area contributed by atoms with Crippen molar-refractivity contribution in [1.29, 1.82) is 0 Å². The Labute approximate surface area is 109 Å². The predicted octanol–water partition coefficient (Wildman–Crippen LogP) is 2.89. The molecule has 1 rings (SSSR count). The molecule has 0 saturated carbocycles. The van der Waals surface area contributed by atoms with Gasteiger partial charge in [-0.1, -0.05) is 31.5 Å². The maximum atomic E-state index is 5.71. The zero-order valence-electron chi connectivity index (χ0n) is 10.6. The van der Waals surface area contributed by atoms with Crippen LogP contribution in [-0.4, -0.2) is 24.7 Å². The van der Waals surface area contributed by atoms with Crippen LogP contribution in [0.5, 0.6) is 0 Å². The highest BCUT2D eigenvalue weighted by Gasteiger charge is 1.95. The van der Waals surface area contributed by atoms with E-state index in [9.17, 15) is 0 Å². The minimum absolute atomic E-state index is 0.538. The van der Waals surface area contributed by atoms with Gasteiger partial charge in [0.2, 0.25) is 0 Å². The molecule has 96 valence electrons. The fourth-order valence-corrected chi connectivity index (χ4v) is 1.47. The Bertz CT molecular complexity index is 301. The Hall–Kier alpha value is -0.640. The topological polar surface area (TPSA) is 34.1 Å². The van der Waals surface area contributed by atoms with Crippen molar-refractivity contribution in [1.82, 2.24) is 10.3 Å². The molecule has 0 radical (unpaired) electrons. The summed E-state index contributed by atoms with van der Waals surface area (Å²) >= 11 is 5.71. The van der Waals surface area contributed by atoms with E-state index < -0.39 is 0 Å². The molecule has 0 atom stereocenters. The summed E-state index contributed by atoms with van der Waals surface area (Å²) in [5.41, 5.74) is 1.15. The lowest BCUT2D eigenvalue weighted by molar-refractivity contribution is 0.108. The Morgan fingerprint density at radius 1 is 1.41 bits per heavy atom. The van der Waals surface area contributed by atoms with Crippen LogP contribution in [0.4, 0.5) is 0 Å². The molecule has 4 heteroatoms. The van der Waals surface area contributed by atoms with E-state index >= 15 is 0 Å². The largest absolute Gasteiger partial charge is 0.381 e. The lowest BCUT2D eigenvalue weighted by Gasteiger charge is -2.07. The van der Waals surface area contributed by atoms with Gasteiger partial charge in [0.05, 0.1) is 0 Å². The van der Waals surface area contributed by atoms with Gasteiger partial charge in [-0.2, -0.15) is 0 Å². The van der Waals surface area contributed by atoms with Crippen molar-refractivity contribution in [3.8, 4) is 0 Å². The molecule has 1 aromatic rings. The van der Waals surface area contributed by atoms with E-state index in [2.05, 4.69) is 24.1 Å². The third kappa shape index (κ3) is 7.31. The third-order valence-electron chi connectivity index (χ3n) is 2.21. The standard InChI is InChI=1S/C13H21ClN2O/c1-11(2)10-17-7-3-6-15-8-12-4-5-13(14)16-9-12/h4-5,9,11,15H,3,6-8,10H2,1-2H3. The second kappa shape index (κ2) is 8.45. The Kier molecular flexibility index (Phi) is 7.17. The van der Waals surface area contributed by atoms with E-state index in [1.807, 2.05) is 12.1 Å². The van der Waals surface area contributed by atoms with Gasteiger partial charge in [0.25, 0.3) is 0 Å². The highest BCUT2D eigenvalue weighted by molar-refractivity contribution is 6.29. The van der Waals surface area contributed by atoms with Crippen molar-refractivity contribution in [2.45, 2.75) is 26.8 Å². The van der Waals surface area contributed by atoms with Crippen LogP contribution in [0.3, 0.4) is 0 Å². The predicted molar refractivity (Wildman–Crippen MR) is 71.2 cm³/mol. The second-order valence-corrected chi connectivity index (χ2v) is 4.88. The average molecular weight is 257 g/mol. The molecule has 1 aromatic heterocycles. The van der Waals surface area contributed by atoms with Gasteiger partial charge in [-0.15, -0.1) is 0 Å². The van der Waals surface area contributed by atoms with Gasteiger partial charge >= 0.3 is 0 Å². The van der Waals surface area contributed by atoms with Gasteiger partial charge in [0.1, 0.15) is 5.15 Å². The second-order valence-electron chi connectivity index (χ2n) is 4.49. The first-order valence-corrected chi connectivity index (χ1v) is 6.45. The third-order valence-corrected chi connectivity index (χ3v) is 2.43. The Morgan fingerprint density at radius 2 is 2.24 bits per heavy atom. The van der Waals surface area contributed by atoms with E-state index in [0.717, 1.165) is 38.3 Å². The van der Waals surface area contributed by atoms with Crippen LogP contribution in [0.25, 0.3) is 0 Å². The molecule has 0 saturated heterocycles. The van der Waals surface area contributed by atoms with Crippen LogP contribution in [0.15, 0.2) is 18.3 Å². The summed E-state index contributed by atoms with van der Waals surface area (Å²) in [5, 5.41) is 3.88. The van der Waals surface area contributed by atoms with Crippen LogP contribution in [0.2, 0.25) is 5.15 Å². The number of hydrogen-bond donors (Lipinski definition) is 1. The molecular formula is C13H21ClN2O. The summed E-state index contributed by atoms with van der Waals surface area (Å²) in [6.45, 7) is 7.78. The summed E-state index contributed by atoms with van der Waals surface area (Å²) in [5.74, 6) is 0.614. The van der Waals surface area contributed by atoms with Crippen molar-refractivity contribution in [2.75, 3.05) is 19.8 Å². The monoisotopic (exact) mass is 256 g/mol. The zero-order valence-corrected chi connectivity index (χ0v) is 11.3. The Morgan fingerprint density at radius 3 is 2.88 bits per heavy atom. The summed E-state index contributed by atoms with van der Waals surface area (Å²) in [6.07, 6.45) is 2.83. The number of nitrogens with zero attached hydrogens (tertiary/aromatic N) is 1. The fraction of sp³-hybridized carbons (Fsp3) is 0.615. The first kappa shape index (κ1) is 14.4. The molecule has 0 spiro atoms. The van der Waals surface area contributed by atoms with E-state index in [1.165, 1.54) is 0 Å². The number of ether oxygens (including phenoxy) is 1. The van der Waals surface area contributed by atoms with Crippen molar-refractivity contribution < 1.29 is 4.74 Å². The van der Waals surface area contributed by atoms with Crippen LogP contribution < -0.4 is 5.32 Å². The van der Waals surface area contributed by atoms with Crippen LogP contribution in [0, 0.1) is 5.92 Å². The first-order valence-electron chi connectivity index (χ1n) is 6.07. The maximum Gasteiger partial charge on any atom is 0.129 e. The van der Waals surface area contributed by atoms with Gasteiger partial charge < -0.3 is 10.1 Å². The molecule has 0 aliphatic rings. The number of hydrogen-bond acceptors (Lipinski definition) is 3. The summed E-state index contributed by atoms with van der Waals surface area (Å²) in [7, 11) is 0. The average Bonchev–Trinajstić information content (AvgIpc) is 2.30. The van der Waals surface area contributed by atoms with Crippen LogP contribution in [-0.2, 0) is 11.3 Å². The SMILES string of the molecule is CC(C)COCCCNCc1ccc(Cl)nc1.